The van der Waals surface area contributed by atoms with Gasteiger partial charge in [0.2, 0.25) is 5.91 Å². The van der Waals surface area contributed by atoms with Crippen LogP contribution in [0.4, 0.5) is 4.79 Å². The standard InChI is InChI=1S/C20H31N3O4.ClH/c1-12(23-4-2-16(3-5-23)18(25)26)17(24)21-19(27)22-20-9-13-6-14(10-20)8-15(7-13)11-20;/h12-16H,2-11H2,1H3,(H,25,26)(H2,21,22,24,27);1H. The van der Waals surface area contributed by atoms with Crippen molar-refractivity contribution in [2.45, 2.75) is 69.9 Å². The number of nitrogens with zero attached hydrogens (tertiary/aromatic N) is 1. The molecule has 0 aromatic heterocycles. The zero-order valence-corrected chi connectivity index (χ0v) is 17.3. The Morgan fingerprint density at radius 2 is 1.50 bits per heavy atom. The Bertz CT molecular complexity index is 598. The highest BCUT2D eigenvalue weighted by atomic mass is 35.5. The van der Waals surface area contributed by atoms with Gasteiger partial charge in [0.1, 0.15) is 0 Å². The Hall–Kier alpha value is -1.34. The van der Waals surface area contributed by atoms with Crippen LogP contribution in [-0.4, -0.2) is 52.6 Å². The van der Waals surface area contributed by atoms with Crippen molar-refractivity contribution in [1.82, 2.24) is 15.5 Å². The molecule has 158 valence electrons. The van der Waals surface area contributed by atoms with E-state index in [1.807, 2.05) is 4.90 Å². The summed E-state index contributed by atoms with van der Waals surface area (Å²) in [6, 6.07) is -0.795. The molecule has 1 aliphatic heterocycles. The minimum atomic E-state index is -0.762. The molecule has 0 spiro atoms. The highest BCUT2D eigenvalue weighted by molar-refractivity contribution is 5.97. The van der Waals surface area contributed by atoms with Crippen LogP contribution < -0.4 is 10.6 Å². The van der Waals surface area contributed by atoms with E-state index in [0.717, 1.165) is 37.0 Å². The van der Waals surface area contributed by atoms with E-state index < -0.39 is 12.0 Å². The SMILES string of the molecule is CC(C(=O)NC(=O)NC12CC3CC(CC(C3)C1)C2)N1CCC(C(=O)O)CC1.Cl. The fourth-order valence-electron chi connectivity index (χ4n) is 6.45. The number of carboxylic acids is 1. The third-order valence-corrected chi connectivity index (χ3v) is 7.46. The number of imide groups is 1. The zero-order chi connectivity index (χ0) is 19.2. The van der Waals surface area contributed by atoms with Gasteiger partial charge in [-0.15, -0.1) is 12.4 Å². The fourth-order valence-corrected chi connectivity index (χ4v) is 6.45. The number of hydrogen-bond acceptors (Lipinski definition) is 4. The second-order valence-corrected chi connectivity index (χ2v) is 9.47. The van der Waals surface area contributed by atoms with E-state index in [9.17, 15) is 14.4 Å². The molecule has 0 aromatic rings. The summed E-state index contributed by atoms with van der Waals surface area (Å²) < 4.78 is 0. The average molecular weight is 414 g/mol. The molecule has 5 rings (SSSR count). The maximum atomic E-state index is 12.5. The number of amides is 3. The molecule has 4 aliphatic carbocycles. The van der Waals surface area contributed by atoms with Crippen LogP contribution in [0.2, 0.25) is 0 Å². The van der Waals surface area contributed by atoms with Crippen LogP contribution in [0, 0.1) is 23.7 Å². The topological polar surface area (TPSA) is 98.7 Å². The van der Waals surface area contributed by atoms with E-state index in [1.165, 1.54) is 19.3 Å². The number of piperidine rings is 1. The van der Waals surface area contributed by atoms with Gasteiger partial charge in [-0.3, -0.25) is 19.8 Å². The summed E-state index contributed by atoms with van der Waals surface area (Å²) in [6.07, 6.45) is 8.19. The van der Waals surface area contributed by atoms with Crippen LogP contribution in [0.15, 0.2) is 0 Å². The predicted molar refractivity (Wildman–Crippen MR) is 106 cm³/mol. The van der Waals surface area contributed by atoms with Gasteiger partial charge >= 0.3 is 12.0 Å². The van der Waals surface area contributed by atoms with Crippen LogP contribution in [-0.2, 0) is 9.59 Å². The van der Waals surface area contributed by atoms with E-state index in [2.05, 4.69) is 10.6 Å². The Morgan fingerprint density at radius 3 is 1.96 bits per heavy atom. The third kappa shape index (κ3) is 4.30. The molecule has 3 amide bonds. The summed E-state index contributed by atoms with van der Waals surface area (Å²) >= 11 is 0. The quantitative estimate of drug-likeness (QED) is 0.657. The van der Waals surface area contributed by atoms with Gasteiger partial charge in [0.05, 0.1) is 12.0 Å². The molecule has 4 bridgehead atoms. The van der Waals surface area contributed by atoms with Crippen molar-refractivity contribution in [2.24, 2.45) is 23.7 Å². The zero-order valence-electron chi connectivity index (χ0n) is 16.5. The predicted octanol–water partition coefficient (Wildman–Crippen LogP) is 2.39. The number of nitrogens with one attached hydrogen (secondary N) is 2. The van der Waals surface area contributed by atoms with Crippen molar-refractivity contribution in [3.63, 3.8) is 0 Å². The maximum Gasteiger partial charge on any atom is 0.321 e. The molecule has 0 aromatic carbocycles. The van der Waals surface area contributed by atoms with Gasteiger partial charge in [0.15, 0.2) is 0 Å². The summed E-state index contributed by atoms with van der Waals surface area (Å²) in [6.45, 7) is 2.93. The summed E-state index contributed by atoms with van der Waals surface area (Å²) in [4.78, 5) is 38.1. The first-order valence-corrected chi connectivity index (χ1v) is 10.4. The molecule has 1 saturated heterocycles. The minimum Gasteiger partial charge on any atom is -0.481 e. The van der Waals surface area contributed by atoms with Crippen molar-refractivity contribution >= 4 is 30.3 Å². The summed E-state index contributed by atoms with van der Waals surface area (Å²) in [5.41, 5.74) is -0.109. The van der Waals surface area contributed by atoms with Gasteiger partial charge in [-0.1, -0.05) is 0 Å². The Morgan fingerprint density at radius 1 is 1.00 bits per heavy atom. The summed E-state index contributed by atoms with van der Waals surface area (Å²) in [5, 5.41) is 14.8. The third-order valence-electron chi connectivity index (χ3n) is 7.46. The van der Waals surface area contributed by atoms with Gasteiger partial charge in [-0.05, 0) is 89.1 Å². The lowest BCUT2D eigenvalue weighted by atomic mass is 9.53. The molecule has 5 fully saturated rings. The molecule has 7 nitrogen and oxygen atoms in total. The van der Waals surface area contributed by atoms with E-state index in [4.69, 9.17) is 5.11 Å². The Labute approximate surface area is 172 Å². The van der Waals surface area contributed by atoms with Gasteiger partial charge < -0.3 is 10.4 Å². The van der Waals surface area contributed by atoms with E-state index in [0.29, 0.717) is 25.9 Å². The lowest BCUT2D eigenvalue weighted by molar-refractivity contribution is -0.143. The number of hydrogen-bond donors (Lipinski definition) is 3. The molecule has 0 radical (unpaired) electrons. The first kappa shape index (κ1) is 21.4. The molecular formula is C20H32ClN3O4. The number of rotatable bonds is 4. The second-order valence-electron chi connectivity index (χ2n) is 9.47. The number of urea groups is 1. The highest BCUT2D eigenvalue weighted by Gasteiger charge is 2.51. The fraction of sp³-hybridized carbons (Fsp3) is 0.850. The molecule has 8 heteroatoms. The first-order chi connectivity index (χ1) is 12.8. The maximum absolute atomic E-state index is 12.5. The number of halogens is 1. The molecular weight excluding hydrogens is 382 g/mol. The Balaban J connectivity index is 0.00000225. The molecule has 1 atom stereocenters. The molecule has 1 heterocycles. The van der Waals surface area contributed by atoms with Crippen molar-refractivity contribution < 1.29 is 19.5 Å². The normalized spacial score (nSPS) is 35.7. The van der Waals surface area contributed by atoms with Gasteiger partial charge in [-0.25, -0.2) is 4.79 Å². The van der Waals surface area contributed by atoms with Crippen LogP contribution in [0.25, 0.3) is 0 Å². The Kier molecular flexibility index (Phi) is 6.25. The monoisotopic (exact) mass is 413 g/mol. The van der Waals surface area contributed by atoms with Gasteiger partial charge in [0.25, 0.3) is 0 Å². The highest BCUT2D eigenvalue weighted by Crippen LogP contribution is 2.55. The molecule has 1 unspecified atom stereocenters. The number of carboxylic acid groups (broad SMARTS) is 1. The smallest absolute Gasteiger partial charge is 0.321 e. The lowest BCUT2D eigenvalue weighted by Gasteiger charge is -2.56. The number of aliphatic carboxylic acids is 1. The van der Waals surface area contributed by atoms with Crippen LogP contribution in [0.1, 0.15) is 58.3 Å². The van der Waals surface area contributed by atoms with Gasteiger partial charge in [0, 0.05) is 5.54 Å². The molecule has 3 N–H and O–H groups in total. The van der Waals surface area contributed by atoms with Crippen LogP contribution in [0.5, 0.6) is 0 Å². The van der Waals surface area contributed by atoms with Crippen LogP contribution >= 0.6 is 12.4 Å². The summed E-state index contributed by atoms with van der Waals surface area (Å²) in [5.74, 6) is 0.828. The van der Waals surface area contributed by atoms with Crippen molar-refractivity contribution in [1.29, 1.82) is 0 Å². The molecule has 4 saturated carbocycles. The van der Waals surface area contributed by atoms with Gasteiger partial charge in [-0.2, -0.15) is 0 Å². The number of carbonyl (C=O) groups excluding carboxylic acids is 2. The minimum absolute atomic E-state index is 0. The summed E-state index contributed by atoms with van der Waals surface area (Å²) in [7, 11) is 0. The first-order valence-electron chi connectivity index (χ1n) is 10.4. The van der Waals surface area contributed by atoms with E-state index >= 15 is 0 Å². The molecule has 5 aliphatic rings. The lowest BCUT2D eigenvalue weighted by Crippen LogP contribution is -2.62. The average Bonchev–Trinajstić information content (AvgIpc) is 2.59. The second kappa shape index (κ2) is 8.19. The van der Waals surface area contributed by atoms with E-state index in [-0.39, 0.29) is 35.8 Å². The largest absolute Gasteiger partial charge is 0.481 e. The number of carbonyl (C=O) groups is 3. The van der Waals surface area contributed by atoms with Crippen molar-refractivity contribution in [2.75, 3.05) is 13.1 Å². The molecule has 28 heavy (non-hydrogen) atoms. The number of likely N-dealkylation sites (tertiary alicyclic amines) is 1. The van der Waals surface area contributed by atoms with Crippen LogP contribution in [0.3, 0.4) is 0 Å². The van der Waals surface area contributed by atoms with Crippen molar-refractivity contribution in [3.8, 4) is 0 Å². The van der Waals surface area contributed by atoms with Crippen molar-refractivity contribution in [3.05, 3.63) is 0 Å². The van der Waals surface area contributed by atoms with E-state index in [1.54, 1.807) is 6.92 Å².